The Labute approximate surface area is 209 Å². The van der Waals surface area contributed by atoms with Crippen molar-refractivity contribution in [2.75, 3.05) is 0 Å². The number of ether oxygens (including phenoxy) is 1. The molecule has 166 valence electrons. The predicted octanol–water partition coefficient (Wildman–Crippen LogP) is 6.77. The zero-order valence-electron chi connectivity index (χ0n) is 17.7. The van der Waals surface area contributed by atoms with Crippen molar-refractivity contribution in [3.63, 3.8) is 0 Å². The van der Waals surface area contributed by atoms with Crippen LogP contribution in [0.3, 0.4) is 0 Å². The van der Waals surface area contributed by atoms with E-state index in [1.54, 1.807) is 24.4 Å². The van der Waals surface area contributed by atoms with Crippen molar-refractivity contribution in [3.05, 3.63) is 115 Å². The fourth-order valence-corrected chi connectivity index (χ4v) is 3.99. The minimum atomic E-state index is -0.526. The van der Waals surface area contributed by atoms with Crippen molar-refractivity contribution in [2.24, 2.45) is 0 Å². The molecule has 0 spiro atoms. The summed E-state index contributed by atoms with van der Waals surface area (Å²) in [5.41, 5.74) is 3.43. The van der Waals surface area contributed by atoms with Crippen LogP contribution in [0.5, 0.6) is 11.6 Å². The van der Waals surface area contributed by atoms with E-state index in [1.807, 2.05) is 59.2 Å². The summed E-state index contributed by atoms with van der Waals surface area (Å²) < 4.78 is 21.7. The Balaban J connectivity index is 0.00000241. The second-order valence-electron chi connectivity index (χ2n) is 7.50. The van der Waals surface area contributed by atoms with Crippen molar-refractivity contribution >= 4 is 21.8 Å². The number of halogens is 1. The first-order valence-electron chi connectivity index (χ1n) is 10.5. The van der Waals surface area contributed by atoms with E-state index in [0.717, 1.165) is 32.9 Å². The van der Waals surface area contributed by atoms with Crippen LogP contribution in [0.4, 0.5) is 4.39 Å². The molecule has 6 aromatic rings. The Bertz CT molecular complexity index is 1620. The molecule has 3 aromatic heterocycles. The quantitative estimate of drug-likeness (QED) is 0.161. The van der Waals surface area contributed by atoms with E-state index in [4.69, 9.17) is 4.74 Å². The molecule has 4 nitrogen and oxygen atoms in total. The van der Waals surface area contributed by atoms with E-state index in [1.165, 1.54) is 6.07 Å². The Kier molecular flexibility index (Phi) is 5.95. The first-order chi connectivity index (χ1) is 16.3. The summed E-state index contributed by atoms with van der Waals surface area (Å²) in [5.74, 6) is 1.04. The first kappa shape index (κ1) is 22.0. The summed E-state index contributed by atoms with van der Waals surface area (Å²) >= 11 is 0. The third-order valence-corrected chi connectivity index (χ3v) is 5.42. The van der Waals surface area contributed by atoms with Crippen LogP contribution in [0.2, 0.25) is 0 Å². The maximum absolute atomic E-state index is 14.0. The first-order valence-corrected chi connectivity index (χ1v) is 10.5. The summed E-state index contributed by atoms with van der Waals surface area (Å²) in [5, 5.41) is 2.07. The maximum Gasteiger partial charge on any atom is 2.00 e. The van der Waals surface area contributed by atoms with Gasteiger partial charge in [-0.15, -0.1) is 18.2 Å². The van der Waals surface area contributed by atoms with E-state index < -0.39 is 5.95 Å². The molecule has 0 unspecified atom stereocenters. The van der Waals surface area contributed by atoms with Gasteiger partial charge in [-0.1, -0.05) is 35.7 Å². The van der Waals surface area contributed by atoms with Crippen molar-refractivity contribution in [3.8, 4) is 28.6 Å². The molecule has 0 amide bonds. The molecule has 0 atom stereocenters. The Morgan fingerprint density at radius 2 is 1.56 bits per heavy atom. The van der Waals surface area contributed by atoms with Gasteiger partial charge in [-0.3, -0.25) is 0 Å². The van der Waals surface area contributed by atoms with Crippen LogP contribution in [0.15, 0.2) is 97.2 Å². The van der Waals surface area contributed by atoms with Crippen molar-refractivity contribution in [2.45, 2.75) is 0 Å². The van der Waals surface area contributed by atoms with Crippen molar-refractivity contribution in [1.29, 1.82) is 0 Å². The zero-order valence-corrected chi connectivity index (χ0v) is 20.0. The van der Waals surface area contributed by atoms with E-state index in [-0.39, 0.29) is 21.1 Å². The van der Waals surface area contributed by atoms with Gasteiger partial charge in [0.25, 0.3) is 0 Å². The van der Waals surface area contributed by atoms with Crippen LogP contribution in [0.1, 0.15) is 0 Å². The molecule has 0 saturated heterocycles. The number of rotatable bonds is 4. The predicted molar refractivity (Wildman–Crippen MR) is 126 cm³/mol. The number of para-hydroxylation sites is 1. The molecular weight excluding hydrogens is 608 g/mol. The molecule has 6 heteroatoms. The number of pyridine rings is 2. The summed E-state index contributed by atoms with van der Waals surface area (Å²) in [6.45, 7) is 0. The number of hydrogen-bond donors (Lipinski definition) is 0. The molecule has 0 aliphatic rings. The van der Waals surface area contributed by atoms with Crippen LogP contribution in [0, 0.1) is 18.1 Å². The van der Waals surface area contributed by atoms with Gasteiger partial charge in [-0.2, -0.15) is 28.7 Å². The van der Waals surface area contributed by atoms with Gasteiger partial charge in [0.15, 0.2) is 0 Å². The topological polar surface area (TPSA) is 39.9 Å². The number of benzene rings is 3. The average molecular weight is 625 g/mol. The summed E-state index contributed by atoms with van der Waals surface area (Å²) in [6, 6.07) is 34.9. The summed E-state index contributed by atoms with van der Waals surface area (Å²) in [4.78, 5) is 8.32. The number of fused-ring (bicyclic) bond motifs is 3. The Hall–Kier alpha value is -3.82. The maximum atomic E-state index is 14.0. The normalized spacial score (nSPS) is 10.9. The molecule has 3 heterocycles. The molecule has 3 aromatic carbocycles. The molecule has 0 fully saturated rings. The third-order valence-electron chi connectivity index (χ3n) is 5.42. The second kappa shape index (κ2) is 9.20. The van der Waals surface area contributed by atoms with E-state index >= 15 is 0 Å². The van der Waals surface area contributed by atoms with E-state index in [2.05, 4.69) is 34.2 Å². The van der Waals surface area contributed by atoms with Gasteiger partial charge in [0.05, 0.1) is 0 Å². The molecular formula is C28H16FN3OPt. The van der Waals surface area contributed by atoms with Gasteiger partial charge >= 0.3 is 21.1 Å². The standard InChI is InChI=1S/C28H16FN3O.Pt/c29-26-11-6-12-27(31-26)32-24-10-2-1-9-22(24)23-15-14-20(18-25(23)32)19-7-5-8-21(17-19)33-28-13-3-4-16-30-28;/h1-16H;/q-2;+2. The summed E-state index contributed by atoms with van der Waals surface area (Å²) in [6.07, 6.45) is 1.68. The third kappa shape index (κ3) is 4.00. The van der Waals surface area contributed by atoms with Crippen LogP contribution in [-0.4, -0.2) is 14.5 Å². The van der Waals surface area contributed by atoms with Gasteiger partial charge in [0.2, 0.25) is 11.8 Å². The average Bonchev–Trinajstić information content (AvgIpc) is 3.18. The monoisotopic (exact) mass is 624 g/mol. The summed E-state index contributed by atoms with van der Waals surface area (Å²) in [7, 11) is 0. The van der Waals surface area contributed by atoms with Crippen LogP contribution in [0.25, 0.3) is 38.8 Å². The molecule has 0 aliphatic carbocycles. The van der Waals surface area contributed by atoms with Crippen LogP contribution >= 0.6 is 0 Å². The van der Waals surface area contributed by atoms with Gasteiger partial charge < -0.3 is 9.30 Å². The van der Waals surface area contributed by atoms with E-state index in [9.17, 15) is 4.39 Å². The zero-order chi connectivity index (χ0) is 22.2. The second-order valence-corrected chi connectivity index (χ2v) is 7.50. The van der Waals surface area contributed by atoms with Crippen molar-refractivity contribution < 1.29 is 30.2 Å². The van der Waals surface area contributed by atoms with Gasteiger partial charge in [0.1, 0.15) is 5.82 Å². The largest absolute Gasteiger partial charge is 2.00 e. The molecule has 0 saturated carbocycles. The van der Waals surface area contributed by atoms with Crippen LogP contribution in [-0.2, 0) is 21.1 Å². The molecule has 6 rings (SSSR count). The molecule has 34 heavy (non-hydrogen) atoms. The number of nitrogens with zero attached hydrogens (tertiary/aromatic N) is 3. The fourth-order valence-electron chi connectivity index (χ4n) is 3.99. The van der Waals surface area contributed by atoms with Gasteiger partial charge in [0, 0.05) is 23.5 Å². The van der Waals surface area contributed by atoms with Gasteiger partial charge in [-0.25, -0.2) is 21.1 Å². The molecule has 0 bridgehead atoms. The fraction of sp³-hybridized carbons (Fsp3) is 0. The van der Waals surface area contributed by atoms with Crippen LogP contribution < -0.4 is 4.74 Å². The smallest absolute Gasteiger partial charge is 0.460 e. The Morgan fingerprint density at radius 3 is 2.41 bits per heavy atom. The van der Waals surface area contributed by atoms with Crippen molar-refractivity contribution in [1.82, 2.24) is 14.5 Å². The molecule has 0 N–H and O–H groups in total. The molecule has 0 aliphatic heterocycles. The minimum Gasteiger partial charge on any atom is -0.460 e. The SMILES string of the molecule is Fc1cccc(-n2c3[c-]c(-c4[c-]c(Oc5ccccn5)ccc4)ccc3c3ccccc32)n1.[Pt+2]. The minimum absolute atomic E-state index is 0. The van der Waals surface area contributed by atoms with E-state index in [0.29, 0.717) is 17.4 Å². The molecule has 0 radical (unpaired) electrons. The van der Waals surface area contributed by atoms with Gasteiger partial charge in [-0.05, 0) is 35.2 Å². The number of hydrogen-bond acceptors (Lipinski definition) is 3. The Morgan fingerprint density at radius 1 is 0.735 bits per heavy atom. The number of aromatic nitrogens is 3.